The SMILES string of the molecule is CC/C=C\C/C=C\C/C=C\C/C=C\C/C=C\C/C=C\CCC(=O)OC1C(OCC(COC(=O)CCCCCCCCCCC/C=C\C/C=C\CCCCC)OC(=O)CCCCCCCCC/C=C\CCCCCCCC)OC(C(=O)O)C(O)C1O. The minimum atomic E-state index is -1.94. The van der Waals surface area contributed by atoms with Crippen molar-refractivity contribution in [1.82, 2.24) is 0 Å². The number of ether oxygens (including phenoxy) is 5. The summed E-state index contributed by atoms with van der Waals surface area (Å²) in [5, 5.41) is 31.6. The average Bonchev–Trinajstić information content (AvgIpc) is 2.79. The highest BCUT2D eigenvalue weighted by Crippen LogP contribution is 2.26. The van der Waals surface area contributed by atoms with E-state index in [-0.39, 0.29) is 25.9 Å². The minimum Gasteiger partial charge on any atom is -0.479 e. The number of unbranched alkanes of at least 4 members (excludes halogenated alkanes) is 25. The third kappa shape index (κ3) is 49.1. The van der Waals surface area contributed by atoms with E-state index in [2.05, 4.69) is 112 Å². The van der Waals surface area contributed by atoms with Crippen LogP contribution in [0.1, 0.15) is 278 Å². The van der Waals surface area contributed by atoms with Gasteiger partial charge in [-0.2, -0.15) is 0 Å². The van der Waals surface area contributed by atoms with Crippen molar-refractivity contribution in [1.29, 1.82) is 0 Å². The zero-order chi connectivity index (χ0) is 61.7. The van der Waals surface area contributed by atoms with Crippen molar-refractivity contribution in [3.8, 4) is 0 Å². The van der Waals surface area contributed by atoms with Crippen LogP contribution in [0, 0.1) is 0 Å². The van der Waals surface area contributed by atoms with Crippen molar-refractivity contribution in [2.45, 2.75) is 314 Å². The summed E-state index contributed by atoms with van der Waals surface area (Å²) in [5.41, 5.74) is 0. The second-order valence-corrected chi connectivity index (χ2v) is 22.7. The van der Waals surface area contributed by atoms with Gasteiger partial charge in [-0.05, 0) is 116 Å². The van der Waals surface area contributed by atoms with Crippen molar-refractivity contribution in [2.24, 2.45) is 0 Å². The fraction of sp³-hybridized carbons (Fsp3) is 0.699. The number of rotatable bonds is 57. The number of hydrogen-bond acceptors (Lipinski definition) is 11. The lowest BCUT2D eigenvalue weighted by Gasteiger charge is -2.40. The molecule has 0 aromatic carbocycles. The Morgan fingerprint density at radius 2 is 0.765 bits per heavy atom. The first-order chi connectivity index (χ1) is 41.6. The van der Waals surface area contributed by atoms with Gasteiger partial charge in [0.1, 0.15) is 18.8 Å². The molecule has 1 aliphatic heterocycles. The molecule has 0 amide bonds. The number of aliphatic hydroxyl groups is 2. The molecule has 6 unspecified atom stereocenters. The van der Waals surface area contributed by atoms with E-state index in [1.807, 2.05) is 18.2 Å². The molecule has 0 bridgehead atoms. The van der Waals surface area contributed by atoms with Crippen LogP contribution in [0.15, 0.2) is 109 Å². The third-order valence-electron chi connectivity index (χ3n) is 14.8. The second kappa shape index (κ2) is 59.7. The maximum Gasteiger partial charge on any atom is 0.335 e. The van der Waals surface area contributed by atoms with Gasteiger partial charge < -0.3 is 39.0 Å². The molecule has 1 heterocycles. The number of allylic oxidation sites excluding steroid dienone is 18. The average molecular weight is 1190 g/mol. The van der Waals surface area contributed by atoms with Gasteiger partial charge in [0.2, 0.25) is 0 Å². The number of hydrogen-bond donors (Lipinski definition) is 3. The molecule has 0 spiro atoms. The molecule has 12 nitrogen and oxygen atoms in total. The van der Waals surface area contributed by atoms with Gasteiger partial charge in [-0.3, -0.25) is 14.4 Å². The quantitative estimate of drug-likeness (QED) is 0.0228. The molecule has 0 saturated carbocycles. The Morgan fingerprint density at radius 3 is 1.21 bits per heavy atom. The van der Waals surface area contributed by atoms with Crippen LogP contribution < -0.4 is 0 Å². The first kappa shape index (κ1) is 78.4. The van der Waals surface area contributed by atoms with Gasteiger partial charge in [0.05, 0.1) is 6.61 Å². The van der Waals surface area contributed by atoms with E-state index in [4.69, 9.17) is 23.7 Å². The van der Waals surface area contributed by atoms with Crippen LogP contribution in [-0.2, 0) is 42.9 Å². The maximum atomic E-state index is 13.2. The molecule has 6 atom stereocenters. The Kier molecular flexibility index (Phi) is 55.1. The summed E-state index contributed by atoms with van der Waals surface area (Å²) in [6, 6.07) is 0. The fourth-order valence-corrected chi connectivity index (χ4v) is 9.65. The number of esters is 3. The Hall–Kier alpha value is -4.62. The molecule has 12 heteroatoms. The minimum absolute atomic E-state index is 0.0695. The number of carbonyl (C=O) groups excluding carboxylic acids is 3. The molecule has 0 aromatic heterocycles. The molecule has 484 valence electrons. The van der Waals surface area contributed by atoms with Gasteiger partial charge in [0, 0.05) is 19.3 Å². The molecular formula is C73H120O12. The van der Waals surface area contributed by atoms with E-state index in [0.717, 1.165) is 96.3 Å². The van der Waals surface area contributed by atoms with Gasteiger partial charge >= 0.3 is 23.9 Å². The molecule has 0 radical (unpaired) electrons. The predicted molar refractivity (Wildman–Crippen MR) is 349 cm³/mol. The lowest BCUT2D eigenvalue weighted by molar-refractivity contribution is -0.301. The summed E-state index contributed by atoms with van der Waals surface area (Å²) in [6.45, 7) is 5.84. The number of carboxylic acids is 1. The summed E-state index contributed by atoms with van der Waals surface area (Å²) in [5.74, 6) is -3.24. The predicted octanol–water partition coefficient (Wildman–Crippen LogP) is 18.6. The van der Waals surface area contributed by atoms with Crippen LogP contribution >= 0.6 is 0 Å². The Balaban J connectivity index is 2.70. The van der Waals surface area contributed by atoms with E-state index in [0.29, 0.717) is 25.7 Å². The first-order valence-electron chi connectivity index (χ1n) is 33.9. The zero-order valence-corrected chi connectivity index (χ0v) is 53.6. The Labute approximate surface area is 516 Å². The van der Waals surface area contributed by atoms with E-state index in [1.54, 1.807) is 0 Å². The van der Waals surface area contributed by atoms with Crippen LogP contribution in [0.3, 0.4) is 0 Å². The molecular weight excluding hydrogens is 1070 g/mol. The van der Waals surface area contributed by atoms with Crippen LogP contribution in [0.25, 0.3) is 0 Å². The second-order valence-electron chi connectivity index (χ2n) is 22.7. The molecule has 0 aromatic rings. The largest absolute Gasteiger partial charge is 0.479 e. The molecule has 1 fully saturated rings. The Bertz CT molecular complexity index is 1890. The van der Waals surface area contributed by atoms with Gasteiger partial charge in [-0.15, -0.1) is 0 Å². The van der Waals surface area contributed by atoms with Crippen molar-refractivity contribution in [3.05, 3.63) is 109 Å². The number of carboxylic acid groups (broad SMARTS) is 1. The van der Waals surface area contributed by atoms with Gasteiger partial charge in [-0.1, -0.05) is 252 Å². The zero-order valence-electron chi connectivity index (χ0n) is 53.6. The maximum absolute atomic E-state index is 13.2. The Morgan fingerprint density at radius 1 is 0.400 bits per heavy atom. The van der Waals surface area contributed by atoms with Crippen molar-refractivity contribution < 1.29 is 58.2 Å². The number of aliphatic hydroxyl groups excluding tert-OH is 2. The van der Waals surface area contributed by atoms with Crippen molar-refractivity contribution in [2.75, 3.05) is 13.2 Å². The fourth-order valence-electron chi connectivity index (χ4n) is 9.65. The van der Waals surface area contributed by atoms with Crippen molar-refractivity contribution >= 4 is 23.9 Å². The number of carbonyl (C=O) groups is 4. The third-order valence-corrected chi connectivity index (χ3v) is 14.8. The van der Waals surface area contributed by atoms with Crippen LogP contribution in [-0.4, -0.2) is 89.2 Å². The van der Waals surface area contributed by atoms with Crippen molar-refractivity contribution in [3.63, 3.8) is 0 Å². The monoisotopic (exact) mass is 1190 g/mol. The summed E-state index contributed by atoms with van der Waals surface area (Å²) in [6.07, 6.45) is 69.1. The standard InChI is InChI=1S/C73H120O12/c1-4-7-10-13-16-19-22-25-28-31-33-36-38-41-44-47-50-53-56-59-65(74)81-62-64(83-66(75)60-57-54-51-48-45-42-39-35-30-27-24-21-18-15-12-9-6-3)63-82-73-71(69(78)68(77)70(85-73)72(79)80)84-67(76)61-58-55-52-49-46-43-40-37-34-32-29-26-23-20-17-14-11-8-5-2/h8,11,16-17,19-20,25-30,34,37,43,46,52,55,64,68-71,73,77-78H,4-7,9-10,12-15,18,21-24,31-33,35-36,38-42,44-45,47-51,53-54,56-63H2,1-3H3,(H,79,80)/b11-8-,19-16-,20-17-,28-25-,29-26-,30-27-,37-34-,46-43-,55-52-. The summed E-state index contributed by atoms with van der Waals surface area (Å²) in [4.78, 5) is 51.4. The van der Waals surface area contributed by atoms with E-state index >= 15 is 0 Å². The molecule has 1 saturated heterocycles. The summed E-state index contributed by atoms with van der Waals surface area (Å²) < 4.78 is 28.5. The molecule has 0 aliphatic carbocycles. The molecule has 85 heavy (non-hydrogen) atoms. The first-order valence-corrected chi connectivity index (χ1v) is 33.9. The smallest absolute Gasteiger partial charge is 0.335 e. The summed E-state index contributed by atoms with van der Waals surface area (Å²) >= 11 is 0. The molecule has 1 aliphatic rings. The highest BCUT2D eigenvalue weighted by molar-refractivity contribution is 5.74. The normalized spacial score (nSPS) is 18.2. The lowest BCUT2D eigenvalue weighted by Crippen LogP contribution is -2.61. The summed E-state index contributed by atoms with van der Waals surface area (Å²) in [7, 11) is 0. The number of aliphatic carboxylic acids is 1. The van der Waals surface area contributed by atoms with E-state index < -0.39 is 67.3 Å². The van der Waals surface area contributed by atoms with Crippen LogP contribution in [0.2, 0.25) is 0 Å². The van der Waals surface area contributed by atoms with Gasteiger partial charge in [0.15, 0.2) is 24.6 Å². The van der Waals surface area contributed by atoms with Crippen LogP contribution in [0.5, 0.6) is 0 Å². The van der Waals surface area contributed by atoms with Gasteiger partial charge in [-0.25, -0.2) is 4.79 Å². The van der Waals surface area contributed by atoms with E-state index in [1.165, 1.54) is 116 Å². The van der Waals surface area contributed by atoms with E-state index in [9.17, 15) is 34.5 Å². The topological polar surface area (TPSA) is 175 Å². The van der Waals surface area contributed by atoms with Gasteiger partial charge in [0.25, 0.3) is 0 Å². The highest BCUT2D eigenvalue weighted by atomic mass is 16.7. The van der Waals surface area contributed by atoms with Crippen LogP contribution in [0.4, 0.5) is 0 Å². The lowest BCUT2D eigenvalue weighted by atomic mass is 9.98. The molecule has 1 rings (SSSR count). The molecule has 3 N–H and O–H groups in total. The highest BCUT2D eigenvalue weighted by Gasteiger charge is 2.50.